The molecule has 0 aliphatic carbocycles. The maximum atomic E-state index is 13.4. The monoisotopic (exact) mass is 432 g/mol. The van der Waals surface area contributed by atoms with Gasteiger partial charge in [0.2, 0.25) is 11.7 Å². The Balaban J connectivity index is 1.84. The summed E-state index contributed by atoms with van der Waals surface area (Å²) in [6.07, 6.45) is 5.03. The van der Waals surface area contributed by atoms with E-state index in [1.54, 1.807) is 48.3 Å². The molecule has 32 heavy (non-hydrogen) atoms. The molecule has 0 bridgehead atoms. The summed E-state index contributed by atoms with van der Waals surface area (Å²) in [7, 11) is 3.34. The molecule has 164 valence electrons. The first kappa shape index (κ1) is 21.4. The van der Waals surface area contributed by atoms with Crippen LogP contribution in [0.1, 0.15) is 6.92 Å². The lowest BCUT2D eigenvalue weighted by molar-refractivity contribution is 0.139. The van der Waals surface area contributed by atoms with Crippen molar-refractivity contribution in [2.75, 3.05) is 32.3 Å². The van der Waals surface area contributed by atoms with Crippen molar-refractivity contribution in [2.24, 2.45) is 0 Å². The number of ether oxygens (including phenoxy) is 2. The van der Waals surface area contributed by atoms with E-state index in [4.69, 9.17) is 9.47 Å². The van der Waals surface area contributed by atoms with Gasteiger partial charge in [-0.25, -0.2) is 15.0 Å². The molecule has 0 spiro atoms. The van der Waals surface area contributed by atoms with Gasteiger partial charge in [-0.15, -0.1) is 0 Å². The topological polar surface area (TPSA) is 95.3 Å². The molecule has 0 N–H and O–H groups in total. The van der Waals surface area contributed by atoms with Crippen molar-refractivity contribution in [1.82, 2.24) is 24.5 Å². The van der Waals surface area contributed by atoms with Gasteiger partial charge in [-0.1, -0.05) is 6.07 Å². The van der Waals surface area contributed by atoms with E-state index in [0.717, 1.165) is 5.56 Å². The van der Waals surface area contributed by atoms with E-state index in [-0.39, 0.29) is 11.4 Å². The molecule has 0 aliphatic heterocycles. The predicted octanol–water partition coefficient (Wildman–Crippen LogP) is 3.06. The first-order valence-corrected chi connectivity index (χ1v) is 10.3. The third-order valence-electron chi connectivity index (χ3n) is 5.03. The zero-order valence-electron chi connectivity index (χ0n) is 18.2. The second-order valence-electron chi connectivity index (χ2n) is 6.98. The Labute approximate surface area is 185 Å². The predicted molar refractivity (Wildman–Crippen MR) is 122 cm³/mol. The van der Waals surface area contributed by atoms with Crippen molar-refractivity contribution in [1.29, 1.82) is 0 Å². The van der Waals surface area contributed by atoms with Crippen molar-refractivity contribution >= 4 is 22.7 Å². The minimum Gasteiger partial charge on any atom is -0.481 e. The molecule has 0 unspecified atom stereocenters. The molecular weight excluding hydrogens is 408 g/mol. The van der Waals surface area contributed by atoms with Crippen LogP contribution in [0.25, 0.3) is 22.3 Å². The number of hydrogen-bond donors (Lipinski definition) is 0. The summed E-state index contributed by atoms with van der Waals surface area (Å²) in [4.78, 5) is 32.9. The van der Waals surface area contributed by atoms with Crippen LogP contribution >= 0.6 is 0 Å². The van der Waals surface area contributed by atoms with E-state index in [1.807, 2.05) is 37.3 Å². The largest absolute Gasteiger partial charge is 0.481 e. The standard InChI is InChI=1S/C23H24N6O3/c1-4-32-12-11-29-19-13-17(16-8-9-21(31-3)26-14-16)25-15-18(19)27-22(23(29)30)28(2)20-7-5-6-10-24-20/h5-10,13-15H,4,11-12H2,1-3H3. The Morgan fingerprint density at radius 2 is 1.97 bits per heavy atom. The van der Waals surface area contributed by atoms with Gasteiger partial charge in [0.05, 0.1) is 31.1 Å². The number of nitrogens with zero attached hydrogens (tertiary/aromatic N) is 6. The third-order valence-corrected chi connectivity index (χ3v) is 5.03. The van der Waals surface area contributed by atoms with Crippen LogP contribution in [0, 0.1) is 0 Å². The van der Waals surface area contributed by atoms with Crippen molar-refractivity contribution in [3.63, 3.8) is 0 Å². The highest BCUT2D eigenvalue weighted by molar-refractivity contribution is 5.80. The Bertz CT molecular complexity index is 1260. The molecule has 4 rings (SSSR count). The summed E-state index contributed by atoms with van der Waals surface area (Å²) < 4.78 is 12.3. The number of anilines is 2. The summed E-state index contributed by atoms with van der Waals surface area (Å²) in [5, 5.41) is 0. The number of rotatable bonds is 8. The van der Waals surface area contributed by atoms with Gasteiger partial charge in [-0.05, 0) is 31.2 Å². The molecule has 0 saturated heterocycles. The number of aromatic nitrogens is 5. The lowest BCUT2D eigenvalue weighted by Gasteiger charge is -2.19. The first-order chi connectivity index (χ1) is 15.6. The first-order valence-electron chi connectivity index (χ1n) is 10.3. The van der Waals surface area contributed by atoms with E-state index in [2.05, 4.69) is 19.9 Å². The lowest BCUT2D eigenvalue weighted by Crippen LogP contribution is -2.30. The Morgan fingerprint density at radius 3 is 2.66 bits per heavy atom. The van der Waals surface area contributed by atoms with Gasteiger partial charge < -0.3 is 18.9 Å². The van der Waals surface area contributed by atoms with Crippen LogP contribution in [0.15, 0.2) is 59.8 Å². The van der Waals surface area contributed by atoms with E-state index in [1.165, 1.54) is 0 Å². The smallest absolute Gasteiger partial charge is 0.294 e. The van der Waals surface area contributed by atoms with E-state index >= 15 is 0 Å². The van der Waals surface area contributed by atoms with E-state index < -0.39 is 0 Å². The molecule has 0 atom stereocenters. The Hall–Kier alpha value is -3.85. The van der Waals surface area contributed by atoms with Crippen LogP contribution in [0.2, 0.25) is 0 Å². The van der Waals surface area contributed by atoms with Gasteiger partial charge in [0.15, 0.2) is 0 Å². The average molecular weight is 432 g/mol. The van der Waals surface area contributed by atoms with Crippen LogP contribution in [0.4, 0.5) is 11.6 Å². The lowest BCUT2D eigenvalue weighted by atomic mass is 10.2. The zero-order chi connectivity index (χ0) is 22.5. The minimum atomic E-state index is -0.227. The van der Waals surface area contributed by atoms with Gasteiger partial charge in [-0.2, -0.15) is 0 Å². The molecule has 4 aromatic heterocycles. The highest BCUT2D eigenvalue weighted by Crippen LogP contribution is 2.24. The van der Waals surface area contributed by atoms with E-state index in [9.17, 15) is 4.79 Å². The molecule has 0 fully saturated rings. The third kappa shape index (κ3) is 4.28. The number of hydrogen-bond acceptors (Lipinski definition) is 8. The van der Waals surface area contributed by atoms with E-state index in [0.29, 0.717) is 48.2 Å². The maximum Gasteiger partial charge on any atom is 0.294 e. The number of methoxy groups -OCH3 is 1. The SMILES string of the molecule is CCOCCn1c(=O)c(N(C)c2ccccn2)nc2cnc(-c3ccc(OC)nc3)cc21. The highest BCUT2D eigenvalue weighted by Gasteiger charge is 2.17. The fourth-order valence-corrected chi connectivity index (χ4v) is 3.34. The summed E-state index contributed by atoms with van der Waals surface area (Å²) >= 11 is 0. The Morgan fingerprint density at radius 1 is 1.09 bits per heavy atom. The molecule has 0 aliphatic rings. The molecule has 9 heteroatoms. The molecule has 4 aromatic rings. The van der Waals surface area contributed by atoms with Crippen LogP contribution in [0.3, 0.4) is 0 Å². The maximum absolute atomic E-state index is 13.4. The quantitative estimate of drug-likeness (QED) is 0.392. The van der Waals surface area contributed by atoms with Crippen LogP contribution < -0.4 is 15.2 Å². The van der Waals surface area contributed by atoms with Crippen LogP contribution in [-0.2, 0) is 11.3 Å². The fourth-order valence-electron chi connectivity index (χ4n) is 3.34. The summed E-state index contributed by atoms with van der Waals surface area (Å²) in [5.41, 5.74) is 2.55. The molecule has 4 heterocycles. The molecule has 0 radical (unpaired) electrons. The van der Waals surface area contributed by atoms with Gasteiger partial charge in [0.1, 0.15) is 11.3 Å². The van der Waals surface area contributed by atoms with Gasteiger partial charge in [0.25, 0.3) is 5.56 Å². The molecule has 9 nitrogen and oxygen atoms in total. The summed E-state index contributed by atoms with van der Waals surface area (Å²) in [5.74, 6) is 1.42. The van der Waals surface area contributed by atoms with Crippen molar-refractivity contribution in [3.8, 4) is 17.1 Å². The van der Waals surface area contributed by atoms with Crippen LogP contribution in [-0.4, -0.2) is 51.9 Å². The molecule has 0 saturated carbocycles. The number of fused-ring (bicyclic) bond motifs is 1. The van der Waals surface area contributed by atoms with Gasteiger partial charge in [0, 0.05) is 44.2 Å². The second kappa shape index (κ2) is 9.52. The molecule has 0 amide bonds. The Kier molecular flexibility index (Phi) is 6.37. The zero-order valence-corrected chi connectivity index (χ0v) is 18.2. The fraction of sp³-hybridized carbons (Fsp3) is 0.261. The minimum absolute atomic E-state index is 0.227. The normalized spacial score (nSPS) is 11.0. The molecular formula is C23H24N6O3. The van der Waals surface area contributed by atoms with Crippen molar-refractivity contribution < 1.29 is 9.47 Å². The summed E-state index contributed by atoms with van der Waals surface area (Å²) in [6, 6.07) is 11.0. The molecule has 0 aromatic carbocycles. The van der Waals surface area contributed by atoms with Crippen molar-refractivity contribution in [3.05, 3.63) is 65.3 Å². The summed E-state index contributed by atoms with van der Waals surface area (Å²) in [6.45, 7) is 3.29. The van der Waals surface area contributed by atoms with Gasteiger partial charge >= 0.3 is 0 Å². The van der Waals surface area contributed by atoms with Crippen molar-refractivity contribution in [2.45, 2.75) is 13.5 Å². The number of pyridine rings is 3. The van der Waals surface area contributed by atoms with Crippen LogP contribution in [0.5, 0.6) is 5.88 Å². The highest BCUT2D eigenvalue weighted by atomic mass is 16.5. The average Bonchev–Trinajstić information content (AvgIpc) is 2.85. The second-order valence-corrected chi connectivity index (χ2v) is 6.98. The van der Waals surface area contributed by atoms with Gasteiger partial charge in [-0.3, -0.25) is 9.78 Å².